The Morgan fingerprint density at radius 2 is 1.89 bits per heavy atom. The third-order valence-electron chi connectivity index (χ3n) is 4.84. The molecule has 3 rings (SSSR count). The van der Waals surface area contributed by atoms with Gasteiger partial charge in [0.2, 0.25) is 0 Å². The fourth-order valence-electron chi connectivity index (χ4n) is 3.43. The molecule has 1 aliphatic heterocycles. The summed E-state index contributed by atoms with van der Waals surface area (Å²) in [4.78, 5) is 26.6. The highest BCUT2D eigenvalue weighted by atomic mass is 79.9. The monoisotopic (exact) mass is 442 g/mol. The van der Waals surface area contributed by atoms with E-state index in [4.69, 9.17) is 0 Å². The summed E-state index contributed by atoms with van der Waals surface area (Å²) in [6, 6.07) is 6.76. The van der Waals surface area contributed by atoms with Crippen molar-refractivity contribution in [3.63, 3.8) is 0 Å². The zero-order chi connectivity index (χ0) is 19.9. The smallest absolute Gasteiger partial charge is 0.337 e. The molecule has 0 saturated carbocycles. The number of rotatable bonds is 2. The van der Waals surface area contributed by atoms with Crippen LogP contribution in [0.1, 0.15) is 33.6 Å². The molecule has 0 spiro atoms. The molecular weight excluding hydrogens is 425 g/mol. The largest absolute Gasteiger partial charge is 0.416 e. The number of pyridine rings is 1. The molecule has 2 aromatic rings. The van der Waals surface area contributed by atoms with Gasteiger partial charge in [-0.05, 0) is 65.5 Å². The van der Waals surface area contributed by atoms with Gasteiger partial charge in [-0.25, -0.2) is 0 Å². The van der Waals surface area contributed by atoms with Gasteiger partial charge in [0.05, 0.1) is 10.0 Å². The van der Waals surface area contributed by atoms with E-state index in [9.17, 15) is 22.8 Å². The van der Waals surface area contributed by atoms with E-state index < -0.39 is 11.7 Å². The van der Waals surface area contributed by atoms with Crippen LogP contribution in [0.5, 0.6) is 0 Å². The van der Waals surface area contributed by atoms with Crippen LogP contribution in [0.25, 0.3) is 0 Å². The maximum absolute atomic E-state index is 13.1. The van der Waals surface area contributed by atoms with E-state index in [1.54, 1.807) is 26.1 Å². The van der Waals surface area contributed by atoms with Crippen LogP contribution >= 0.6 is 15.9 Å². The van der Waals surface area contributed by atoms with Crippen molar-refractivity contribution in [1.29, 1.82) is 0 Å². The molecule has 1 aliphatic rings. The van der Waals surface area contributed by atoms with E-state index in [2.05, 4.69) is 15.9 Å². The van der Waals surface area contributed by atoms with Gasteiger partial charge in [0, 0.05) is 19.6 Å². The van der Waals surface area contributed by atoms with Gasteiger partial charge in [-0.15, -0.1) is 0 Å². The number of alkyl halides is 3. The Morgan fingerprint density at radius 3 is 2.56 bits per heavy atom. The average molecular weight is 443 g/mol. The molecule has 0 bridgehead atoms. The zero-order valence-electron chi connectivity index (χ0n) is 14.8. The van der Waals surface area contributed by atoms with Crippen LogP contribution in [-0.4, -0.2) is 28.5 Å². The minimum atomic E-state index is -4.41. The van der Waals surface area contributed by atoms with E-state index in [0.717, 1.165) is 12.1 Å². The van der Waals surface area contributed by atoms with Crippen LogP contribution in [0.4, 0.5) is 13.2 Å². The maximum Gasteiger partial charge on any atom is 0.416 e. The highest BCUT2D eigenvalue weighted by Gasteiger charge is 2.32. The molecule has 1 atom stereocenters. The Morgan fingerprint density at radius 1 is 1.19 bits per heavy atom. The number of benzene rings is 1. The first-order chi connectivity index (χ1) is 12.6. The highest BCUT2D eigenvalue weighted by molar-refractivity contribution is 9.10. The van der Waals surface area contributed by atoms with Crippen molar-refractivity contribution in [3.05, 3.63) is 67.5 Å². The van der Waals surface area contributed by atoms with E-state index in [1.165, 1.54) is 15.5 Å². The average Bonchev–Trinajstić information content (AvgIpc) is 2.69. The normalized spacial score (nSPS) is 17.6. The van der Waals surface area contributed by atoms with E-state index in [-0.39, 0.29) is 29.6 Å². The summed E-state index contributed by atoms with van der Waals surface area (Å²) in [5, 5.41) is 0. The lowest BCUT2D eigenvalue weighted by Gasteiger charge is -2.26. The third kappa shape index (κ3) is 3.95. The summed E-state index contributed by atoms with van der Waals surface area (Å²) < 4.78 is 41.0. The number of nitrogens with zero attached hydrogens (tertiary/aromatic N) is 2. The van der Waals surface area contributed by atoms with E-state index in [0.29, 0.717) is 28.6 Å². The third-order valence-corrected chi connectivity index (χ3v) is 5.44. The van der Waals surface area contributed by atoms with Crippen LogP contribution in [0.15, 0.2) is 39.6 Å². The van der Waals surface area contributed by atoms with Crippen molar-refractivity contribution in [2.24, 2.45) is 0 Å². The Kier molecular flexibility index (Phi) is 5.20. The summed E-state index contributed by atoms with van der Waals surface area (Å²) in [6.07, 6.45) is -3.65. The SMILES string of the molecule is Cc1cc(CC2CCn3c(ccc(Br)c3=O)C(=O)N2C)cc(C(F)(F)F)c1. The number of carbonyl (C=O) groups is 1. The number of aromatic nitrogens is 1. The number of aryl methyl sites for hydroxylation is 1. The van der Waals surface area contributed by atoms with Gasteiger partial charge in [0.1, 0.15) is 5.69 Å². The Hall–Kier alpha value is -2.09. The summed E-state index contributed by atoms with van der Waals surface area (Å²) >= 11 is 3.17. The summed E-state index contributed by atoms with van der Waals surface area (Å²) in [5.41, 5.74) is 0.346. The zero-order valence-corrected chi connectivity index (χ0v) is 16.4. The van der Waals surface area contributed by atoms with Crippen LogP contribution in [0.3, 0.4) is 0 Å². The standard InChI is InChI=1S/C19H18BrF3N2O2/c1-11-7-12(9-13(8-11)19(21,22)23)10-14-5-6-25-16(18(27)24(14)2)4-3-15(20)17(25)26/h3-4,7-9,14H,5-6,10H2,1-2H3. The van der Waals surface area contributed by atoms with Crippen LogP contribution < -0.4 is 5.56 Å². The maximum atomic E-state index is 13.1. The predicted molar refractivity (Wildman–Crippen MR) is 98.8 cm³/mol. The molecule has 0 radical (unpaired) electrons. The molecule has 144 valence electrons. The van der Waals surface area contributed by atoms with Crippen molar-refractivity contribution >= 4 is 21.8 Å². The van der Waals surface area contributed by atoms with Crippen molar-refractivity contribution in [2.75, 3.05) is 7.05 Å². The van der Waals surface area contributed by atoms with Gasteiger partial charge >= 0.3 is 6.18 Å². The first-order valence-corrected chi connectivity index (χ1v) is 9.21. The van der Waals surface area contributed by atoms with E-state index >= 15 is 0 Å². The van der Waals surface area contributed by atoms with Gasteiger partial charge in [-0.3, -0.25) is 9.59 Å². The lowest BCUT2D eigenvalue weighted by Crippen LogP contribution is -2.37. The van der Waals surface area contributed by atoms with Crippen molar-refractivity contribution in [2.45, 2.75) is 38.5 Å². The van der Waals surface area contributed by atoms with Crippen LogP contribution in [0, 0.1) is 6.92 Å². The summed E-state index contributed by atoms with van der Waals surface area (Å²) in [7, 11) is 1.62. The van der Waals surface area contributed by atoms with E-state index in [1.807, 2.05) is 0 Å². The summed E-state index contributed by atoms with van der Waals surface area (Å²) in [6.45, 7) is 1.94. The number of hydrogen-bond acceptors (Lipinski definition) is 2. The fraction of sp³-hybridized carbons (Fsp3) is 0.368. The Labute approximate surface area is 162 Å². The molecule has 1 aromatic carbocycles. The van der Waals surface area contributed by atoms with Crippen molar-refractivity contribution < 1.29 is 18.0 Å². The van der Waals surface area contributed by atoms with Gasteiger partial charge in [-0.2, -0.15) is 13.2 Å². The number of likely N-dealkylation sites (N-methyl/N-ethyl adjacent to an activating group) is 1. The number of carbonyl (C=O) groups excluding carboxylic acids is 1. The first-order valence-electron chi connectivity index (χ1n) is 8.42. The molecule has 0 fully saturated rings. The molecule has 0 N–H and O–H groups in total. The number of fused-ring (bicyclic) bond motifs is 1. The lowest BCUT2D eigenvalue weighted by molar-refractivity contribution is -0.137. The molecule has 1 amide bonds. The minimum absolute atomic E-state index is 0.286. The van der Waals surface area contributed by atoms with Crippen molar-refractivity contribution in [3.8, 4) is 0 Å². The molecule has 1 aromatic heterocycles. The van der Waals surface area contributed by atoms with Gasteiger partial charge in [-0.1, -0.05) is 11.6 Å². The molecule has 1 unspecified atom stereocenters. The van der Waals surface area contributed by atoms with Gasteiger partial charge in [0.15, 0.2) is 0 Å². The minimum Gasteiger partial charge on any atom is -0.337 e. The van der Waals surface area contributed by atoms with Crippen LogP contribution in [0.2, 0.25) is 0 Å². The second-order valence-corrected chi connectivity index (χ2v) is 7.65. The Bertz CT molecular complexity index is 953. The molecule has 0 aliphatic carbocycles. The van der Waals surface area contributed by atoms with Crippen molar-refractivity contribution in [1.82, 2.24) is 9.47 Å². The molecular formula is C19H18BrF3N2O2. The first kappa shape index (κ1) is 19.7. The van der Waals surface area contributed by atoms with Gasteiger partial charge < -0.3 is 9.47 Å². The molecule has 2 heterocycles. The Balaban J connectivity index is 1.92. The molecule has 4 nitrogen and oxygen atoms in total. The highest BCUT2D eigenvalue weighted by Crippen LogP contribution is 2.31. The second kappa shape index (κ2) is 7.14. The summed E-state index contributed by atoms with van der Waals surface area (Å²) in [5.74, 6) is -0.314. The second-order valence-electron chi connectivity index (χ2n) is 6.79. The molecule has 27 heavy (non-hydrogen) atoms. The number of halogens is 4. The fourth-order valence-corrected chi connectivity index (χ4v) is 3.78. The number of amides is 1. The lowest BCUT2D eigenvalue weighted by atomic mass is 9.98. The van der Waals surface area contributed by atoms with Crippen LogP contribution in [-0.2, 0) is 19.1 Å². The van der Waals surface area contributed by atoms with Gasteiger partial charge in [0.25, 0.3) is 11.5 Å². The molecule has 0 saturated heterocycles. The predicted octanol–water partition coefficient (Wildman–Crippen LogP) is 4.03. The molecule has 8 heteroatoms. The topological polar surface area (TPSA) is 42.3 Å². The quantitative estimate of drug-likeness (QED) is 0.704. The number of hydrogen-bond donors (Lipinski definition) is 0.